The third-order valence-corrected chi connectivity index (χ3v) is 7.99. The van der Waals surface area contributed by atoms with Gasteiger partial charge in [0.05, 0.1) is 36.0 Å². The van der Waals surface area contributed by atoms with E-state index in [1.54, 1.807) is 16.5 Å². The molecule has 0 amide bonds. The molecule has 4 atom stereocenters. The van der Waals surface area contributed by atoms with Gasteiger partial charge in [0.25, 0.3) is 0 Å². The van der Waals surface area contributed by atoms with E-state index in [0.29, 0.717) is 24.3 Å². The van der Waals surface area contributed by atoms with Crippen molar-refractivity contribution in [1.29, 1.82) is 0 Å². The molecule has 0 radical (unpaired) electrons. The Kier molecular flexibility index (Phi) is 6.91. The van der Waals surface area contributed by atoms with Crippen LogP contribution >= 0.6 is 0 Å². The Bertz CT molecular complexity index is 1480. The van der Waals surface area contributed by atoms with Gasteiger partial charge in [0.2, 0.25) is 0 Å². The maximum atomic E-state index is 12.1. The molecule has 2 aromatic heterocycles. The SMILES string of the molecule is COC1CCCC(COc2cccc(-c3cccc(-n4ncc(C(=O)O)c4[C@H]4C[C@@H]4c4cn(C)nn4)c3)c2)C1. The fourth-order valence-electron chi connectivity index (χ4n) is 5.85. The van der Waals surface area contributed by atoms with Crippen molar-refractivity contribution in [3.63, 3.8) is 0 Å². The van der Waals surface area contributed by atoms with Crippen LogP contribution in [0.2, 0.25) is 0 Å². The molecular weight excluding hydrogens is 494 g/mol. The summed E-state index contributed by atoms with van der Waals surface area (Å²) in [7, 11) is 3.63. The van der Waals surface area contributed by atoms with Crippen LogP contribution in [0.1, 0.15) is 65.7 Å². The lowest BCUT2D eigenvalue weighted by Crippen LogP contribution is -2.25. The lowest BCUT2D eigenvalue weighted by Gasteiger charge is -2.28. The van der Waals surface area contributed by atoms with Crippen LogP contribution in [0.3, 0.4) is 0 Å². The van der Waals surface area contributed by atoms with Gasteiger partial charge in [-0.25, -0.2) is 9.48 Å². The number of carboxylic acids is 1. The largest absolute Gasteiger partial charge is 0.493 e. The predicted molar refractivity (Wildman–Crippen MR) is 145 cm³/mol. The molecule has 202 valence electrons. The molecule has 2 fully saturated rings. The number of methoxy groups -OCH3 is 1. The topological polar surface area (TPSA) is 104 Å². The molecule has 0 saturated heterocycles. The number of nitrogens with zero attached hydrogens (tertiary/aromatic N) is 5. The van der Waals surface area contributed by atoms with Gasteiger partial charge >= 0.3 is 5.97 Å². The summed E-state index contributed by atoms with van der Waals surface area (Å²) in [4.78, 5) is 12.1. The molecule has 2 saturated carbocycles. The molecule has 9 heteroatoms. The molecule has 2 aliphatic rings. The monoisotopic (exact) mass is 527 g/mol. The maximum Gasteiger partial charge on any atom is 0.339 e. The van der Waals surface area contributed by atoms with Crippen molar-refractivity contribution in [2.24, 2.45) is 13.0 Å². The minimum absolute atomic E-state index is 0.0215. The maximum absolute atomic E-state index is 12.1. The summed E-state index contributed by atoms with van der Waals surface area (Å²) in [6.45, 7) is 0.687. The Morgan fingerprint density at radius 2 is 1.90 bits per heavy atom. The van der Waals surface area contributed by atoms with Crippen molar-refractivity contribution in [1.82, 2.24) is 24.8 Å². The Morgan fingerprint density at radius 1 is 1.08 bits per heavy atom. The third-order valence-electron chi connectivity index (χ3n) is 7.99. The van der Waals surface area contributed by atoms with Crippen LogP contribution in [0.25, 0.3) is 16.8 Å². The van der Waals surface area contributed by atoms with Crippen LogP contribution in [-0.4, -0.2) is 55.7 Å². The zero-order valence-electron chi connectivity index (χ0n) is 22.2. The average Bonchev–Trinajstić information content (AvgIpc) is 3.40. The van der Waals surface area contributed by atoms with Crippen molar-refractivity contribution in [3.05, 3.63) is 77.9 Å². The highest BCUT2D eigenvalue weighted by Gasteiger charge is 2.46. The predicted octanol–water partition coefficient (Wildman–Crippen LogP) is 5.22. The number of hydrogen-bond donors (Lipinski definition) is 1. The van der Waals surface area contributed by atoms with E-state index in [4.69, 9.17) is 9.47 Å². The van der Waals surface area contributed by atoms with Gasteiger partial charge in [0, 0.05) is 32.2 Å². The number of carboxylic acid groups (broad SMARTS) is 1. The van der Waals surface area contributed by atoms with Crippen molar-refractivity contribution < 1.29 is 19.4 Å². The first kappa shape index (κ1) is 25.3. The summed E-state index contributed by atoms with van der Waals surface area (Å²) in [6.07, 6.45) is 9.02. The second kappa shape index (κ2) is 10.6. The number of ether oxygens (including phenoxy) is 2. The highest BCUT2D eigenvalue weighted by Crippen LogP contribution is 2.55. The molecule has 2 aromatic carbocycles. The second-order valence-corrected chi connectivity index (χ2v) is 10.7. The zero-order valence-corrected chi connectivity index (χ0v) is 22.2. The minimum atomic E-state index is -0.975. The van der Waals surface area contributed by atoms with Gasteiger partial charge in [0.1, 0.15) is 11.3 Å². The van der Waals surface area contributed by atoms with E-state index in [-0.39, 0.29) is 17.4 Å². The van der Waals surface area contributed by atoms with Crippen LogP contribution in [-0.2, 0) is 11.8 Å². The number of aromatic carboxylic acids is 1. The van der Waals surface area contributed by atoms with Gasteiger partial charge in [-0.05, 0) is 67.0 Å². The highest BCUT2D eigenvalue weighted by molar-refractivity contribution is 5.89. The molecule has 0 bridgehead atoms. The Hall–Kier alpha value is -3.98. The molecule has 2 unspecified atom stereocenters. The van der Waals surface area contributed by atoms with Crippen LogP contribution in [0, 0.1) is 5.92 Å². The number of aryl methyl sites for hydroxylation is 1. The average molecular weight is 528 g/mol. The Morgan fingerprint density at radius 3 is 2.67 bits per heavy atom. The Labute approximate surface area is 227 Å². The van der Waals surface area contributed by atoms with E-state index in [2.05, 4.69) is 27.5 Å². The smallest absolute Gasteiger partial charge is 0.339 e. The molecule has 9 nitrogen and oxygen atoms in total. The van der Waals surface area contributed by atoms with Gasteiger partial charge in [-0.1, -0.05) is 35.9 Å². The molecule has 39 heavy (non-hydrogen) atoms. The van der Waals surface area contributed by atoms with E-state index in [9.17, 15) is 9.90 Å². The molecule has 6 rings (SSSR count). The summed E-state index contributed by atoms with van der Waals surface area (Å²) in [5.74, 6) is 0.526. The summed E-state index contributed by atoms with van der Waals surface area (Å²) in [6, 6.07) is 16.2. The number of benzene rings is 2. The summed E-state index contributed by atoms with van der Waals surface area (Å²) in [5, 5.41) is 22.7. The summed E-state index contributed by atoms with van der Waals surface area (Å²) < 4.78 is 15.2. The van der Waals surface area contributed by atoms with Crippen LogP contribution in [0.4, 0.5) is 0 Å². The molecule has 0 spiro atoms. The van der Waals surface area contributed by atoms with E-state index >= 15 is 0 Å². The van der Waals surface area contributed by atoms with Gasteiger partial charge in [-0.15, -0.1) is 5.10 Å². The van der Waals surface area contributed by atoms with Crippen LogP contribution in [0.5, 0.6) is 5.75 Å². The third kappa shape index (κ3) is 5.31. The first-order valence-electron chi connectivity index (χ1n) is 13.5. The fraction of sp³-hybridized carbons (Fsp3) is 0.400. The van der Waals surface area contributed by atoms with Crippen LogP contribution < -0.4 is 4.74 Å². The number of carbonyl (C=O) groups is 1. The fourth-order valence-corrected chi connectivity index (χ4v) is 5.85. The molecular formula is C30H33N5O4. The van der Waals surface area contributed by atoms with Crippen molar-refractivity contribution in [2.75, 3.05) is 13.7 Å². The standard InChI is InChI=1S/C30H33N5O4/c1-34-17-28(32-33-34)25-15-26(25)29-27(30(36)37)16-31-35(29)22-9-4-7-20(13-22)21-8-5-11-24(14-21)39-18-19-6-3-10-23(12-19)38-2/h4-5,7-9,11,13-14,16-17,19,23,25-26H,3,6,10,12,15,18H2,1-2H3,(H,36,37)/t19?,23?,25-,26-/m0/s1. The zero-order chi connectivity index (χ0) is 26.9. The summed E-state index contributed by atoms with van der Waals surface area (Å²) >= 11 is 0. The number of aromatic nitrogens is 5. The van der Waals surface area contributed by atoms with Crippen LogP contribution in [0.15, 0.2) is 60.9 Å². The highest BCUT2D eigenvalue weighted by atomic mass is 16.5. The van der Waals surface area contributed by atoms with Crippen molar-refractivity contribution in [3.8, 4) is 22.6 Å². The molecule has 2 heterocycles. The van der Waals surface area contributed by atoms with Gasteiger partial charge < -0.3 is 14.6 Å². The second-order valence-electron chi connectivity index (χ2n) is 10.7. The summed E-state index contributed by atoms with van der Waals surface area (Å²) in [5.41, 5.74) is 4.67. The molecule has 1 N–H and O–H groups in total. The quantitative estimate of drug-likeness (QED) is 0.318. The normalized spacial score (nSPS) is 22.5. The number of rotatable bonds is 9. The molecule has 4 aromatic rings. The first-order chi connectivity index (χ1) is 19.0. The van der Waals surface area contributed by atoms with Gasteiger partial charge in [-0.3, -0.25) is 4.68 Å². The lowest BCUT2D eigenvalue weighted by molar-refractivity contribution is 0.0394. The van der Waals surface area contributed by atoms with E-state index in [1.807, 2.05) is 49.6 Å². The molecule has 2 aliphatic carbocycles. The Balaban J connectivity index is 1.24. The first-order valence-corrected chi connectivity index (χ1v) is 13.5. The van der Waals surface area contributed by atoms with E-state index in [0.717, 1.165) is 47.5 Å². The lowest BCUT2D eigenvalue weighted by atomic mass is 9.88. The minimum Gasteiger partial charge on any atom is -0.493 e. The van der Waals surface area contributed by atoms with Crippen molar-refractivity contribution >= 4 is 5.97 Å². The van der Waals surface area contributed by atoms with E-state index < -0.39 is 5.97 Å². The van der Waals surface area contributed by atoms with Gasteiger partial charge in [-0.2, -0.15) is 5.10 Å². The number of hydrogen-bond acceptors (Lipinski definition) is 6. The van der Waals surface area contributed by atoms with E-state index in [1.165, 1.54) is 19.0 Å². The molecule has 0 aliphatic heterocycles. The van der Waals surface area contributed by atoms with Gasteiger partial charge in [0.15, 0.2) is 0 Å². The van der Waals surface area contributed by atoms with Crippen molar-refractivity contribution in [2.45, 2.75) is 50.0 Å².